The highest BCUT2D eigenvalue weighted by Crippen LogP contribution is 2.29. The number of carbonyl (C=O) groups excluding carboxylic acids is 3. The summed E-state index contributed by atoms with van der Waals surface area (Å²) in [6, 6.07) is 37.2. The molecule has 0 saturated carbocycles. The van der Waals surface area contributed by atoms with Crippen LogP contribution >= 0.6 is 11.8 Å². The maximum Gasteiger partial charge on any atom is 0.272 e. The highest BCUT2D eigenvalue weighted by Gasteiger charge is 2.20. The van der Waals surface area contributed by atoms with Gasteiger partial charge in [0.1, 0.15) is 11.4 Å². The van der Waals surface area contributed by atoms with Gasteiger partial charge >= 0.3 is 0 Å². The Hall–Kier alpha value is -5.34. The van der Waals surface area contributed by atoms with Crippen molar-refractivity contribution in [2.75, 3.05) is 17.2 Å². The number of thioether (sulfide) groups is 1. The number of hydrogen-bond acceptors (Lipinski definition) is 5. The molecule has 7 nitrogen and oxygen atoms in total. The van der Waals surface area contributed by atoms with Crippen molar-refractivity contribution in [3.63, 3.8) is 0 Å². The summed E-state index contributed by atoms with van der Waals surface area (Å²) < 4.78 is 5.52. The maximum absolute atomic E-state index is 13.6. The Morgan fingerprint density at radius 3 is 2.20 bits per heavy atom. The number of benzene rings is 5. The lowest BCUT2D eigenvalue weighted by atomic mass is 10.1. The molecule has 1 unspecified atom stereocenters. The van der Waals surface area contributed by atoms with Crippen molar-refractivity contribution in [1.29, 1.82) is 0 Å². The second-order valence-electron chi connectivity index (χ2n) is 10.4. The largest absolute Gasteiger partial charge is 0.494 e. The van der Waals surface area contributed by atoms with Gasteiger partial charge in [0.2, 0.25) is 5.91 Å². The van der Waals surface area contributed by atoms with Crippen LogP contribution in [0, 0.1) is 0 Å². The van der Waals surface area contributed by atoms with Crippen LogP contribution in [0.15, 0.2) is 132 Å². The number of ether oxygens (including phenoxy) is 1. The SMILES string of the molecule is CCOc1ccc(/C=C(/NC(=O)c2ccccc2)C(=O)Nc2cccc(SC(CC)C(=O)Nc3ccc4ccccc4c3)c2)cc1. The third-order valence-electron chi connectivity index (χ3n) is 7.08. The fraction of sp³-hybridized carbons (Fsp3) is 0.132. The molecule has 5 aromatic rings. The lowest BCUT2D eigenvalue weighted by molar-refractivity contribution is -0.116. The molecule has 0 aliphatic rings. The monoisotopic (exact) mass is 629 g/mol. The molecule has 0 heterocycles. The smallest absolute Gasteiger partial charge is 0.272 e. The van der Waals surface area contributed by atoms with Crippen LogP contribution in [0.2, 0.25) is 0 Å². The summed E-state index contributed by atoms with van der Waals surface area (Å²) in [6.45, 7) is 4.42. The predicted molar refractivity (Wildman–Crippen MR) is 187 cm³/mol. The number of carbonyl (C=O) groups is 3. The molecule has 8 heteroatoms. The zero-order chi connectivity index (χ0) is 32.3. The van der Waals surface area contributed by atoms with Crippen LogP contribution in [0.1, 0.15) is 36.2 Å². The second kappa shape index (κ2) is 15.6. The van der Waals surface area contributed by atoms with Gasteiger partial charge < -0.3 is 20.7 Å². The lowest BCUT2D eigenvalue weighted by Gasteiger charge is -2.16. The van der Waals surface area contributed by atoms with Gasteiger partial charge in [-0.1, -0.05) is 73.7 Å². The molecule has 46 heavy (non-hydrogen) atoms. The number of hydrogen-bond donors (Lipinski definition) is 3. The molecule has 0 fully saturated rings. The van der Waals surface area contributed by atoms with Crippen LogP contribution in [-0.4, -0.2) is 29.6 Å². The quantitative estimate of drug-likeness (QED) is 0.0956. The highest BCUT2D eigenvalue weighted by atomic mass is 32.2. The third kappa shape index (κ3) is 8.64. The standard InChI is InChI=1S/C38H35N3O4S/c1-3-35(38(44)40-31-20-19-27-11-8-9-14-29(27)24-31)46-33-16-10-15-30(25-33)39-37(43)34(41-36(42)28-12-6-5-7-13-28)23-26-17-21-32(22-18-26)45-4-2/h5-25,35H,3-4H2,1-2H3,(H,39,43)(H,40,44)(H,41,42)/b34-23+. The minimum Gasteiger partial charge on any atom is -0.494 e. The van der Waals surface area contributed by atoms with E-state index in [1.165, 1.54) is 11.8 Å². The summed E-state index contributed by atoms with van der Waals surface area (Å²) in [5, 5.41) is 10.5. The Kier molecular flexibility index (Phi) is 10.9. The van der Waals surface area contributed by atoms with Gasteiger partial charge in [0.05, 0.1) is 11.9 Å². The van der Waals surface area contributed by atoms with Crippen molar-refractivity contribution in [1.82, 2.24) is 5.32 Å². The van der Waals surface area contributed by atoms with Crippen molar-refractivity contribution in [3.05, 3.63) is 138 Å². The number of fused-ring (bicyclic) bond motifs is 1. The van der Waals surface area contributed by atoms with Crippen molar-refractivity contribution >= 4 is 57.7 Å². The molecule has 3 amide bonds. The van der Waals surface area contributed by atoms with Crippen LogP contribution in [-0.2, 0) is 9.59 Å². The predicted octanol–water partition coefficient (Wildman–Crippen LogP) is 8.16. The number of nitrogens with one attached hydrogen (secondary N) is 3. The van der Waals surface area contributed by atoms with E-state index in [1.54, 1.807) is 36.4 Å². The molecule has 0 aliphatic carbocycles. The zero-order valence-electron chi connectivity index (χ0n) is 25.7. The number of amides is 3. The average molecular weight is 630 g/mol. The Morgan fingerprint density at radius 2 is 1.46 bits per heavy atom. The Balaban J connectivity index is 1.30. The van der Waals surface area contributed by atoms with Gasteiger partial charge in [0.25, 0.3) is 11.8 Å². The van der Waals surface area contributed by atoms with Crippen molar-refractivity contribution in [3.8, 4) is 5.75 Å². The Bertz CT molecular complexity index is 1860. The van der Waals surface area contributed by atoms with Gasteiger partial charge in [-0.2, -0.15) is 0 Å². The van der Waals surface area contributed by atoms with E-state index in [0.29, 0.717) is 30.0 Å². The summed E-state index contributed by atoms with van der Waals surface area (Å²) in [5.41, 5.74) is 2.50. The summed E-state index contributed by atoms with van der Waals surface area (Å²) in [4.78, 5) is 40.6. The molecular formula is C38H35N3O4S. The average Bonchev–Trinajstić information content (AvgIpc) is 3.08. The Labute approximate surface area is 273 Å². The first-order chi connectivity index (χ1) is 22.4. The van der Waals surface area contributed by atoms with E-state index < -0.39 is 11.8 Å². The molecule has 0 bridgehead atoms. The minimum atomic E-state index is -0.485. The third-order valence-corrected chi connectivity index (χ3v) is 8.44. The fourth-order valence-electron chi connectivity index (χ4n) is 4.76. The van der Waals surface area contributed by atoms with E-state index in [0.717, 1.165) is 26.9 Å². The number of anilines is 2. The van der Waals surface area contributed by atoms with Crippen LogP contribution < -0.4 is 20.7 Å². The van der Waals surface area contributed by atoms with E-state index in [4.69, 9.17) is 4.74 Å². The minimum absolute atomic E-state index is 0.0808. The summed E-state index contributed by atoms with van der Waals surface area (Å²) >= 11 is 1.43. The van der Waals surface area contributed by atoms with Gasteiger partial charge in [-0.05, 0) is 90.4 Å². The van der Waals surface area contributed by atoms with Crippen molar-refractivity contribution < 1.29 is 19.1 Å². The van der Waals surface area contributed by atoms with E-state index >= 15 is 0 Å². The van der Waals surface area contributed by atoms with Crippen LogP contribution in [0.4, 0.5) is 11.4 Å². The highest BCUT2D eigenvalue weighted by molar-refractivity contribution is 8.00. The van der Waals surface area contributed by atoms with Crippen molar-refractivity contribution in [2.24, 2.45) is 0 Å². The van der Waals surface area contributed by atoms with Crippen molar-refractivity contribution in [2.45, 2.75) is 30.4 Å². The number of rotatable bonds is 12. The van der Waals surface area contributed by atoms with Gasteiger partial charge in [-0.15, -0.1) is 11.8 Å². The molecule has 0 aliphatic heterocycles. The van der Waals surface area contributed by atoms with Crippen LogP contribution in [0.25, 0.3) is 16.8 Å². The van der Waals surface area contributed by atoms with Gasteiger partial charge in [0, 0.05) is 21.8 Å². The van der Waals surface area contributed by atoms with E-state index in [9.17, 15) is 14.4 Å². The molecule has 5 rings (SSSR count). The van der Waals surface area contributed by atoms with Gasteiger partial charge in [0.15, 0.2) is 0 Å². The molecule has 0 saturated heterocycles. The maximum atomic E-state index is 13.6. The van der Waals surface area contributed by atoms with E-state index in [2.05, 4.69) is 16.0 Å². The molecule has 0 aromatic heterocycles. The molecule has 0 radical (unpaired) electrons. The van der Waals surface area contributed by atoms with Crippen LogP contribution in [0.5, 0.6) is 5.75 Å². The fourth-order valence-corrected chi connectivity index (χ4v) is 5.77. The molecular weight excluding hydrogens is 595 g/mol. The molecule has 3 N–H and O–H groups in total. The topological polar surface area (TPSA) is 96.5 Å². The molecule has 1 atom stereocenters. The van der Waals surface area contributed by atoms with E-state index in [1.807, 2.05) is 105 Å². The van der Waals surface area contributed by atoms with Crippen LogP contribution in [0.3, 0.4) is 0 Å². The first-order valence-corrected chi connectivity index (χ1v) is 16.0. The normalized spacial score (nSPS) is 11.8. The van der Waals surface area contributed by atoms with E-state index in [-0.39, 0.29) is 16.9 Å². The van der Waals surface area contributed by atoms with Gasteiger partial charge in [-0.25, -0.2) is 0 Å². The molecule has 232 valence electrons. The summed E-state index contributed by atoms with van der Waals surface area (Å²) in [6.07, 6.45) is 2.23. The zero-order valence-corrected chi connectivity index (χ0v) is 26.5. The molecule has 0 spiro atoms. The first kappa shape index (κ1) is 32.1. The lowest BCUT2D eigenvalue weighted by Crippen LogP contribution is -2.30. The molecule has 5 aromatic carbocycles. The van der Waals surface area contributed by atoms with Gasteiger partial charge in [-0.3, -0.25) is 14.4 Å². The Morgan fingerprint density at radius 1 is 0.739 bits per heavy atom. The second-order valence-corrected chi connectivity index (χ2v) is 11.7. The summed E-state index contributed by atoms with van der Waals surface area (Å²) in [7, 11) is 0. The first-order valence-electron chi connectivity index (χ1n) is 15.1. The summed E-state index contributed by atoms with van der Waals surface area (Å²) in [5.74, 6) is -0.270.